The molecule has 0 amide bonds. The van der Waals surface area contributed by atoms with Crippen LogP contribution in [0.4, 0.5) is 0 Å². The van der Waals surface area contributed by atoms with Gasteiger partial charge < -0.3 is 5.32 Å². The highest BCUT2D eigenvalue weighted by molar-refractivity contribution is 6.30. The van der Waals surface area contributed by atoms with Crippen LogP contribution in [0.25, 0.3) is 0 Å². The molecule has 0 saturated carbocycles. The molecule has 0 aromatic heterocycles. The van der Waals surface area contributed by atoms with Gasteiger partial charge >= 0.3 is 0 Å². The molecule has 0 aliphatic carbocycles. The van der Waals surface area contributed by atoms with E-state index in [1.165, 1.54) is 37.9 Å². The highest BCUT2D eigenvalue weighted by Gasteiger charge is 2.12. The van der Waals surface area contributed by atoms with Gasteiger partial charge in [0.25, 0.3) is 0 Å². The average Bonchev–Trinajstić information content (AvgIpc) is 2.23. The van der Waals surface area contributed by atoms with E-state index in [4.69, 9.17) is 11.6 Å². The summed E-state index contributed by atoms with van der Waals surface area (Å²) in [6.45, 7) is 2.36. The second-order valence-corrected chi connectivity index (χ2v) is 4.48. The minimum absolute atomic E-state index is 0.810. The number of hydrogen-bond donors (Lipinski definition) is 1. The van der Waals surface area contributed by atoms with Gasteiger partial charge in [-0.2, -0.15) is 0 Å². The van der Waals surface area contributed by atoms with E-state index >= 15 is 0 Å². The number of nitrogens with one attached hydrogen (secondary N) is 1. The minimum Gasteiger partial charge on any atom is -0.316 e. The van der Waals surface area contributed by atoms with Crippen molar-refractivity contribution in [3.8, 4) is 0 Å². The molecule has 1 atom stereocenters. The molecule has 1 N–H and O–H groups in total. The number of hydrogen-bond acceptors (Lipinski definition) is 1. The van der Waals surface area contributed by atoms with Crippen molar-refractivity contribution in [3.63, 3.8) is 0 Å². The molecule has 2 rings (SSSR count). The molecule has 1 heterocycles. The fourth-order valence-electron chi connectivity index (χ4n) is 2.05. The van der Waals surface area contributed by atoms with Crippen molar-refractivity contribution in [3.05, 3.63) is 34.9 Å². The fraction of sp³-hybridized carbons (Fsp3) is 0.500. The first-order valence-electron chi connectivity index (χ1n) is 5.30. The highest BCUT2D eigenvalue weighted by Crippen LogP contribution is 2.17. The van der Waals surface area contributed by atoms with Crippen molar-refractivity contribution in [1.29, 1.82) is 0 Å². The van der Waals surface area contributed by atoms with Crippen LogP contribution in [0.2, 0.25) is 5.02 Å². The minimum atomic E-state index is 0.810. The molecule has 1 fully saturated rings. The van der Waals surface area contributed by atoms with Crippen LogP contribution in [-0.2, 0) is 6.42 Å². The van der Waals surface area contributed by atoms with Crippen molar-refractivity contribution in [2.24, 2.45) is 5.92 Å². The van der Waals surface area contributed by atoms with Gasteiger partial charge in [-0.3, -0.25) is 0 Å². The van der Waals surface area contributed by atoms with Crippen molar-refractivity contribution < 1.29 is 0 Å². The van der Waals surface area contributed by atoms with Crippen LogP contribution in [0.15, 0.2) is 24.3 Å². The van der Waals surface area contributed by atoms with Crippen LogP contribution in [0, 0.1) is 5.92 Å². The highest BCUT2D eigenvalue weighted by atomic mass is 35.5. The van der Waals surface area contributed by atoms with Gasteiger partial charge in [0.05, 0.1) is 0 Å². The van der Waals surface area contributed by atoms with Crippen LogP contribution in [0.5, 0.6) is 0 Å². The number of rotatable bonds is 2. The summed E-state index contributed by atoms with van der Waals surface area (Å²) in [7, 11) is 0. The van der Waals surface area contributed by atoms with E-state index in [1.807, 2.05) is 12.1 Å². The van der Waals surface area contributed by atoms with Crippen LogP contribution < -0.4 is 5.32 Å². The molecule has 0 bridgehead atoms. The molecule has 1 aromatic carbocycles. The largest absolute Gasteiger partial charge is 0.316 e. The second kappa shape index (κ2) is 4.81. The monoisotopic (exact) mass is 209 g/mol. The summed E-state index contributed by atoms with van der Waals surface area (Å²) >= 11 is 5.84. The molecule has 1 aliphatic rings. The predicted octanol–water partition coefficient (Wildman–Crippen LogP) is 2.88. The van der Waals surface area contributed by atoms with Gasteiger partial charge in [-0.05, 0) is 56.0 Å². The molecule has 1 aromatic rings. The molecule has 14 heavy (non-hydrogen) atoms. The summed E-state index contributed by atoms with van der Waals surface area (Å²) in [5.41, 5.74) is 1.41. The Bertz CT molecular complexity index is 275. The van der Waals surface area contributed by atoms with Gasteiger partial charge in [0, 0.05) is 5.02 Å². The Kier molecular flexibility index (Phi) is 3.44. The Balaban J connectivity index is 1.92. The lowest BCUT2D eigenvalue weighted by atomic mass is 9.92. The second-order valence-electron chi connectivity index (χ2n) is 4.04. The van der Waals surface area contributed by atoms with Crippen molar-refractivity contribution >= 4 is 11.6 Å². The maximum Gasteiger partial charge on any atom is 0.0406 e. The Morgan fingerprint density at radius 1 is 1.29 bits per heavy atom. The summed E-state index contributed by atoms with van der Waals surface area (Å²) in [6.07, 6.45) is 3.86. The Morgan fingerprint density at radius 2 is 2.07 bits per heavy atom. The molecular formula is C12H16ClN. The zero-order chi connectivity index (χ0) is 9.80. The summed E-state index contributed by atoms with van der Waals surface area (Å²) < 4.78 is 0. The van der Waals surface area contributed by atoms with Crippen molar-refractivity contribution in [2.45, 2.75) is 19.3 Å². The molecule has 1 saturated heterocycles. The molecule has 1 aliphatic heterocycles. The fourth-order valence-corrected chi connectivity index (χ4v) is 2.18. The van der Waals surface area contributed by atoms with Crippen molar-refractivity contribution in [1.82, 2.24) is 5.32 Å². The van der Waals surface area contributed by atoms with E-state index in [0.29, 0.717) is 0 Å². The Hall–Kier alpha value is -0.530. The lowest BCUT2D eigenvalue weighted by Crippen LogP contribution is -2.30. The smallest absolute Gasteiger partial charge is 0.0406 e. The summed E-state index contributed by atoms with van der Waals surface area (Å²) in [4.78, 5) is 0. The zero-order valence-electron chi connectivity index (χ0n) is 8.30. The quantitative estimate of drug-likeness (QED) is 0.790. The summed E-state index contributed by atoms with van der Waals surface area (Å²) in [5, 5.41) is 4.27. The Morgan fingerprint density at radius 3 is 2.71 bits per heavy atom. The van der Waals surface area contributed by atoms with Gasteiger partial charge in [-0.1, -0.05) is 23.7 Å². The topological polar surface area (TPSA) is 12.0 Å². The predicted molar refractivity (Wildman–Crippen MR) is 60.7 cm³/mol. The standard InChI is InChI=1S/C12H16ClN/c13-12-5-3-10(4-6-12)8-11-2-1-7-14-9-11/h3-6,11,14H,1-2,7-9H2. The SMILES string of the molecule is Clc1ccc(CC2CCCNC2)cc1. The van der Waals surface area contributed by atoms with E-state index in [1.54, 1.807) is 0 Å². The molecule has 76 valence electrons. The van der Waals surface area contributed by atoms with Crippen LogP contribution in [0.3, 0.4) is 0 Å². The summed E-state index contributed by atoms with van der Waals surface area (Å²) in [6, 6.07) is 8.23. The van der Waals surface area contributed by atoms with E-state index < -0.39 is 0 Å². The Labute approximate surface area is 90.5 Å². The van der Waals surface area contributed by atoms with E-state index in [2.05, 4.69) is 17.4 Å². The number of piperidine rings is 1. The lowest BCUT2D eigenvalue weighted by Gasteiger charge is -2.22. The third-order valence-corrected chi connectivity index (χ3v) is 3.09. The van der Waals surface area contributed by atoms with Gasteiger partial charge in [0.1, 0.15) is 0 Å². The molecule has 2 heteroatoms. The van der Waals surface area contributed by atoms with Gasteiger partial charge in [-0.15, -0.1) is 0 Å². The lowest BCUT2D eigenvalue weighted by molar-refractivity contribution is 0.376. The first-order valence-corrected chi connectivity index (χ1v) is 5.67. The molecule has 0 radical (unpaired) electrons. The third kappa shape index (κ3) is 2.73. The van der Waals surface area contributed by atoms with Gasteiger partial charge in [-0.25, -0.2) is 0 Å². The molecule has 1 nitrogen and oxygen atoms in total. The van der Waals surface area contributed by atoms with Crippen LogP contribution >= 0.6 is 11.6 Å². The van der Waals surface area contributed by atoms with E-state index in [0.717, 1.165) is 10.9 Å². The zero-order valence-corrected chi connectivity index (χ0v) is 9.06. The van der Waals surface area contributed by atoms with Crippen LogP contribution in [-0.4, -0.2) is 13.1 Å². The van der Waals surface area contributed by atoms with Gasteiger partial charge in [0.15, 0.2) is 0 Å². The maximum atomic E-state index is 5.84. The van der Waals surface area contributed by atoms with Crippen molar-refractivity contribution in [2.75, 3.05) is 13.1 Å². The maximum absolute atomic E-state index is 5.84. The molecule has 0 spiro atoms. The summed E-state index contributed by atoms with van der Waals surface area (Å²) in [5.74, 6) is 0.810. The van der Waals surface area contributed by atoms with E-state index in [-0.39, 0.29) is 0 Å². The normalized spacial score (nSPS) is 22.2. The van der Waals surface area contributed by atoms with Gasteiger partial charge in [0.2, 0.25) is 0 Å². The molecular weight excluding hydrogens is 194 g/mol. The van der Waals surface area contributed by atoms with E-state index in [9.17, 15) is 0 Å². The average molecular weight is 210 g/mol. The van der Waals surface area contributed by atoms with Crippen LogP contribution in [0.1, 0.15) is 18.4 Å². The third-order valence-electron chi connectivity index (χ3n) is 2.84. The number of halogens is 1. The molecule has 1 unspecified atom stereocenters. The first kappa shape index (κ1) is 10.0. The first-order chi connectivity index (χ1) is 6.84. The number of benzene rings is 1.